The Morgan fingerprint density at radius 1 is 1.21 bits per heavy atom. The Bertz CT molecular complexity index is 585. The molecule has 0 aliphatic rings. The van der Waals surface area contributed by atoms with Gasteiger partial charge in [-0.2, -0.15) is 13.2 Å². The molecule has 2 aromatic rings. The maximum Gasteiger partial charge on any atom is 0.416 e. The molecule has 19 heavy (non-hydrogen) atoms. The third-order valence-corrected chi connectivity index (χ3v) is 3.40. The van der Waals surface area contributed by atoms with Gasteiger partial charge in [0.05, 0.1) is 11.1 Å². The molecule has 2 N–H and O–H groups in total. The normalized spacial score (nSPS) is 13.2. The van der Waals surface area contributed by atoms with Gasteiger partial charge in [0.1, 0.15) is 5.52 Å². The second-order valence-electron chi connectivity index (χ2n) is 4.56. The number of rotatable bonds is 3. The zero-order valence-corrected chi connectivity index (χ0v) is 10.7. The monoisotopic (exact) mass is 272 g/mol. The van der Waals surface area contributed by atoms with Gasteiger partial charge in [0.15, 0.2) is 5.58 Å². The summed E-state index contributed by atoms with van der Waals surface area (Å²) in [4.78, 5) is 4.11. The lowest BCUT2D eigenvalue weighted by Crippen LogP contribution is -2.35. The van der Waals surface area contributed by atoms with E-state index in [-0.39, 0.29) is 11.4 Å². The quantitative estimate of drug-likeness (QED) is 0.924. The van der Waals surface area contributed by atoms with Crippen molar-refractivity contribution in [1.82, 2.24) is 4.98 Å². The van der Waals surface area contributed by atoms with Gasteiger partial charge in [-0.3, -0.25) is 0 Å². The second kappa shape index (κ2) is 4.52. The van der Waals surface area contributed by atoms with Crippen molar-refractivity contribution in [3.63, 3.8) is 0 Å². The largest absolute Gasteiger partial charge is 0.439 e. The fourth-order valence-electron chi connectivity index (χ4n) is 1.87. The van der Waals surface area contributed by atoms with Gasteiger partial charge >= 0.3 is 6.18 Å². The summed E-state index contributed by atoms with van der Waals surface area (Å²) in [6.07, 6.45) is -3.19. The van der Waals surface area contributed by atoms with Crippen molar-refractivity contribution >= 4 is 11.1 Å². The summed E-state index contributed by atoms with van der Waals surface area (Å²) in [6.45, 7) is 3.78. The Labute approximate surface area is 108 Å². The number of fused-ring (bicyclic) bond motifs is 1. The molecule has 0 spiro atoms. The van der Waals surface area contributed by atoms with Crippen LogP contribution in [0.3, 0.4) is 0 Å². The highest BCUT2D eigenvalue weighted by atomic mass is 19.4. The van der Waals surface area contributed by atoms with E-state index in [0.717, 1.165) is 12.1 Å². The van der Waals surface area contributed by atoms with Gasteiger partial charge in [0.25, 0.3) is 0 Å². The van der Waals surface area contributed by atoms with Crippen molar-refractivity contribution in [3.05, 3.63) is 29.7 Å². The van der Waals surface area contributed by atoms with Gasteiger partial charge in [0, 0.05) is 0 Å². The van der Waals surface area contributed by atoms with Gasteiger partial charge in [-0.25, -0.2) is 4.98 Å². The number of aromatic nitrogens is 1. The van der Waals surface area contributed by atoms with Crippen molar-refractivity contribution in [1.29, 1.82) is 0 Å². The van der Waals surface area contributed by atoms with Crippen LogP contribution in [-0.4, -0.2) is 4.98 Å². The van der Waals surface area contributed by atoms with Gasteiger partial charge < -0.3 is 10.2 Å². The fourth-order valence-corrected chi connectivity index (χ4v) is 1.87. The first-order valence-corrected chi connectivity index (χ1v) is 6.07. The van der Waals surface area contributed by atoms with Crippen LogP contribution in [0.15, 0.2) is 22.6 Å². The minimum absolute atomic E-state index is 0.182. The lowest BCUT2D eigenvalue weighted by atomic mass is 9.94. The molecular formula is C13H15F3N2O. The highest BCUT2D eigenvalue weighted by molar-refractivity contribution is 5.73. The minimum atomic E-state index is -4.39. The summed E-state index contributed by atoms with van der Waals surface area (Å²) in [5.41, 5.74) is 5.15. The topological polar surface area (TPSA) is 52.0 Å². The highest BCUT2D eigenvalue weighted by Gasteiger charge is 2.32. The van der Waals surface area contributed by atoms with Gasteiger partial charge in [0.2, 0.25) is 5.89 Å². The number of benzene rings is 1. The number of hydrogen-bond donors (Lipinski definition) is 1. The standard InChI is InChI=1S/C13H15F3N2O/c1-3-12(17,4-2)11-18-9-7-8(13(14,15)16)5-6-10(9)19-11/h5-7H,3-4,17H2,1-2H3. The van der Waals surface area contributed by atoms with Crippen LogP contribution in [0, 0.1) is 0 Å². The third-order valence-electron chi connectivity index (χ3n) is 3.40. The van der Waals surface area contributed by atoms with E-state index in [2.05, 4.69) is 4.98 Å². The van der Waals surface area contributed by atoms with E-state index in [4.69, 9.17) is 10.2 Å². The Morgan fingerprint density at radius 2 is 1.84 bits per heavy atom. The molecule has 0 saturated carbocycles. The van der Waals surface area contributed by atoms with Crippen molar-refractivity contribution in [2.24, 2.45) is 5.73 Å². The Kier molecular flexibility index (Phi) is 3.30. The number of nitrogens with zero attached hydrogens (tertiary/aromatic N) is 1. The van der Waals surface area contributed by atoms with Crippen LogP contribution in [0.1, 0.15) is 38.1 Å². The maximum atomic E-state index is 12.6. The molecular weight excluding hydrogens is 257 g/mol. The molecule has 0 aliphatic heterocycles. The zero-order valence-electron chi connectivity index (χ0n) is 10.7. The third kappa shape index (κ3) is 2.45. The van der Waals surface area contributed by atoms with Gasteiger partial charge in [-0.05, 0) is 31.0 Å². The Hall–Kier alpha value is -1.56. The van der Waals surface area contributed by atoms with Crippen LogP contribution in [0.4, 0.5) is 13.2 Å². The molecule has 0 unspecified atom stereocenters. The van der Waals surface area contributed by atoms with Crippen LogP contribution in [0.5, 0.6) is 0 Å². The van der Waals surface area contributed by atoms with Crippen LogP contribution in [0.2, 0.25) is 0 Å². The number of halogens is 3. The summed E-state index contributed by atoms with van der Waals surface area (Å²) < 4.78 is 43.3. The molecule has 2 rings (SSSR count). The predicted molar refractivity (Wildman–Crippen MR) is 65.5 cm³/mol. The first-order valence-electron chi connectivity index (χ1n) is 6.07. The molecule has 1 heterocycles. The van der Waals surface area contributed by atoms with Crippen molar-refractivity contribution in [2.45, 2.75) is 38.4 Å². The van der Waals surface area contributed by atoms with Crippen LogP contribution in [0.25, 0.3) is 11.1 Å². The summed E-state index contributed by atoms with van der Waals surface area (Å²) in [7, 11) is 0. The van der Waals surface area contributed by atoms with Crippen molar-refractivity contribution in [3.8, 4) is 0 Å². The molecule has 3 nitrogen and oxygen atoms in total. The molecule has 0 amide bonds. The Morgan fingerprint density at radius 3 is 2.37 bits per heavy atom. The van der Waals surface area contributed by atoms with E-state index in [9.17, 15) is 13.2 Å². The van der Waals surface area contributed by atoms with Crippen LogP contribution < -0.4 is 5.73 Å². The number of hydrogen-bond acceptors (Lipinski definition) is 3. The molecule has 0 radical (unpaired) electrons. The van der Waals surface area contributed by atoms with Crippen LogP contribution >= 0.6 is 0 Å². The average Bonchev–Trinajstić information content (AvgIpc) is 2.80. The molecule has 1 aromatic carbocycles. The molecule has 0 atom stereocenters. The van der Waals surface area contributed by atoms with Crippen molar-refractivity contribution in [2.75, 3.05) is 0 Å². The Balaban J connectivity index is 2.52. The molecule has 1 aromatic heterocycles. The average molecular weight is 272 g/mol. The molecule has 0 fully saturated rings. The molecule has 6 heteroatoms. The van der Waals surface area contributed by atoms with Crippen molar-refractivity contribution < 1.29 is 17.6 Å². The van der Waals surface area contributed by atoms with Gasteiger partial charge in [-0.1, -0.05) is 13.8 Å². The van der Waals surface area contributed by atoms with Gasteiger partial charge in [-0.15, -0.1) is 0 Å². The zero-order chi connectivity index (χ0) is 14.3. The van der Waals surface area contributed by atoms with E-state index in [1.807, 2.05) is 13.8 Å². The minimum Gasteiger partial charge on any atom is -0.439 e. The summed E-state index contributed by atoms with van der Waals surface area (Å²) in [5, 5.41) is 0. The van der Waals surface area contributed by atoms with E-state index in [0.29, 0.717) is 18.4 Å². The summed E-state index contributed by atoms with van der Waals surface area (Å²) in [6, 6.07) is 3.24. The molecule has 0 bridgehead atoms. The van der Waals surface area contributed by atoms with E-state index < -0.39 is 17.3 Å². The second-order valence-corrected chi connectivity index (χ2v) is 4.56. The predicted octanol–water partition coefficient (Wildman–Crippen LogP) is 3.82. The fraction of sp³-hybridized carbons (Fsp3) is 0.462. The molecule has 0 saturated heterocycles. The molecule has 0 aliphatic carbocycles. The first kappa shape index (κ1) is 13.9. The highest BCUT2D eigenvalue weighted by Crippen LogP contribution is 2.33. The molecule has 104 valence electrons. The lowest BCUT2D eigenvalue weighted by molar-refractivity contribution is -0.137. The number of oxazole rings is 1. The van der Waals surface area contributed by atoms with E-state index in [1.54, 1.807) is 0 Å². The summed E-state index contributed by atoms with van der Waals surface area (Å²) >= 11 is 0. The SMILES string of the molecule is CCC(N)(CC)c1nc2cc(C(F)(F)F)ccc2o1. The van der Waals surface area contributed by atoms with Crippen LogP contribution in [-0.2, 0) is 11.7 Å². The summed E-state index contributed by atoms with van der Waals surface area (Å²) in [5.74, 6) is 0.284. The maximum absolute atomic E-state index is 12.6. The lowest BCUT2D eigenvalue weighted by Gasteiger charge is -2.21. The first-order chi connectivity index (χ1) is 8.80. The smallest absolute Gasteiger partial charge is 0.416 e. The van der Waals surface area contributed by atoms with E-state index >= 15 is 0 Å². The number of alkyl halides is 3. The number of nitrogens with two attached hydrogens (primary N) is 1. The van der Waals surface area contributed by atoms with E-state index in [1.165, 1.54) is 6.07 Å².